The SMILES string of the molecule is O=C(O)c1cc(N=NC(Cc2c[nH]c3ccccc23)C(=O)[O-])ccc1[O-].[Na+].[Na+]. The molecular formula is C18H13N3Na2O5. The van der Waals surface area contributed by atoms with Crippen molar-refractivity contribution in [2.45, 2.75) is 12.5 Å². The predicted molar refractivity (Wildman–Crippen MR) is 88.2 cm³/mol. The Morgan fingerprint density at radius 3 is 2.54 bits per heavy atom. The Morgan fingerprint density at radius 2 is 1.86 bits per heavy atom. The molecule has 3 aromatic rings. The van der Waals surface area contributed by atoms with Crippen LogP contribution in [0, 0.1) is 0 Å². The Labute approximate surface area is 204 Å². The van der Waals surface area contributed by atoms with Crippen LogP contribution >= 0.6 is 0 Å². The van der Waals surface area contributed by atoms with Gasteiger partial charge in [0.25, 0.3) is 0 Å². The number of carbonyl (C=O) groups is 2. The Hall–Kier alpha value is -1.68. The molecule has 0 amide bonds. The van der Waals surface area contributed by atoms with Gasteiger partial charge in [-0.1, -0.05) is 30.0 Å². The summed E-state index contributed by atoms with van der Waals surface area (Å²) in [6.07, 6.45) is 1.76. The van der Waals surface area contributed by atoms with Gasteiger partial charge in [0, 0.05) is 23.5 Å². The summed E-state index contributed by atoms with van der Waals surface area (Å²) in [6.45, 7) is 0. The van der Waals surface area contributed by atoms with Crippen LogP contribution in [0.3, 0.4) is 0 Å². The molecule has 2 N–H and O–H groups in total. The quantitative estimate of drug-likeness (QED) is 0.318. The van der Waals surface area contributed by atoms with Gasteiger partial charge in [-0.25, -0.2) is 4.79 Å². The molecule has 10 heteroatoms. The van der Waals surface area contributed by atoms with Crippen LogP contribution in [0.25, 0.3) is 10.9 Å². The Kier molecular flexibility index (Phi) is 9.35. The van der Waals surface area contributed by atoms with Crippen LogP contribution < -0.4 is 69.3 Å². The summed E-state index contributed by atoms with van der Waals surface area (Å²) in [4.78, 5) is 25.4. The fourth-order valence-corrected chi connectivity index (χ4v) is 2.56. The number of benzene rings is 2. The Bertz CT molecular complexity index is 1020. The number of azo groups is 1. The molecule has 0 fully saturated rings. The smallest absolute Gasteiger partial charge is 0.872 e. The predicted octanol–water partition coefficient (Wildman–Crippen LogP) is -4.61. The van der Waals surface area contributed by atoms with E-state index in [4.69, 9.17) is 5.11 Å². The molecule has 1 aromatic heterocycles. The number of carboxylic acid groups (broad SMARTS) is 2. The van der Waals surface area contributed by atoms with Crippen LogP contribution in [-0.4, -0.2) is 28.1 Å². The molecule has 3 rings (SSSR count). The van der Waals surface area contributed by atoms with Gasteiger partial charge in [-0.15, -0.1) is 0 Å². The average Bonchev–Trinajstić information content (AvgIpc) is 3.02. The third kappa shape index (κ3) is 5.66. The van der Waals surface area contributed by atoms with Gasteiger partial charge in [0.05, 0.1) is 17.2 Å². The second-order valence-corrected chi connectivity index (χ2v) is 5.60. The molecule has 0 bridgehead atoms. The molecule has 0 aliphatic rings. The van der Waals surface area contributed by atoms with E-state index in [1.165, 1.54) is 6.07 Å². The third-order valence-corrected chi connectivity index (χ3v) is 3.87. The fourth-order valence-electron chi connectivity index (χ4n) is 2.56. The van der Waals surface area contributed by atoms with Gasteiger partial charge in [-0.3, -0.25) is 0 Å². The number of hydrogen-bond donors (Lipinski definition) is 2. The summed E-state index contributed by atoms with van der Waals surface area (Å²) in [7, 11) is 0. The van der Waals surface area contributed by atoms with Crippen molar-refractivity contribution in [3.8, 4) is 5.75 Å². The van der Waals surface area contributed by atoms with E-state index in [1.807, 2.05) is 24.3 Å². The number of aliphatic carboxylic acids is 1. The van der Waals surface area contributed by atoms with E-state index in [0.29, 0.717) is 0 Å². The normalized spacial score (nSPS) is 11.6. The minimum atomic E-state index is -1.40. The number of aromatic amines is 1. The molecule has 1 unspecified atom stereocenters. The molecule has 0 aliphatic heterocycles. The zero-order valence-electron chi connectivity index (χ0n) is 15.4. The number of aromatic carboxylic acids is 1. The second-order valence-electron chi connectivity index (χ2n) is 5.60. The maximum absolute atomic E-state index is 11.4. The van der Waals surface area contributed by atoms with Crippen molar-refractivity contribution in [2.24, 2.45) is 10.2 Å². The second kappa shape index (κ2) is 10.8. The van der Waals surface area contributed by atoms with E-state index >= 15 is 0 Å². The maximum atomic E-state index is 11.4. The summed E-state index contributed by atoms with van der Waals surface area (Å²) in [5.41, 5.74) is 1.24. The van der Waals surface area contributed by atoms with Crippen molar-refractivity contribution in [1.29, 1.82) is 0 Å². The topological polar surface area (TPSA) is 141 Å². The van der Waals surface area contributed by atoms with Crippen LogP contribution in [0.15, 0.2) is 58.9 Å². The number of H-pyrrole nitrogens is 1. The van der Waals surface area contributed by atoms with E-state index in [0.717, 1.165) is 28.6 Å². The van der Waals surface area contributed by atoms with Crippen LogP contribution in [0.5, 0.6) is 5.75 Å². The number of nitrogens with one attached hydrogen (secondary N) is 1. The molecule has 1 atom stereocenters. The Morgan fingerprint density at radius 1 is 1.14 bits per heavy atom. The fraction of sp³-hybridized carbons (Fsp3) is 0.111. The first-order valence-corrected chi connectivity index (χ1v) is 7.67. The van der Waals surface area contributed by atoms with Crippen molar-refractivity contribution >= 4 is 28.5 Å². The number of aromatic nitrogens is 1. The molecule has 0 spiro atoms. The van der Waals surface area contributed by atoms with Gasteiger partial charge in [-0.2, -0.15) is 10.2 Å². The average molecular weight is 397 g/mol. The van der Waals surface area contributed by atoms with Crippen LogP contribution in [-0.2, 0) is 11.2 Å². The third-order valence-electron chi connectivity index (χ3n) is 3.87. The summed E-state index contributed by atoms with van der Waals surface area (Å²) in [5, 5.41) is 40.2. The van der Waals surface area contributed by atoms with Crippen LogP contribution in [0.1, 0.15) is 15.9 Å². The summed E-state index contributed by atoms with van der Waals surface area (Å²) in [6, 6.07) is 9.54. The summed E-state index contributed by atoms with van der Waals surface area (Å²) < 4.78 is 0. The molecule has 0 radical (unpaired) electrons. The van der Waals surface area contributed by atoms with Crippen molar-refractivity contribution in [3.05, 3.63) is 59.8 Å². The largest absolute Gasteiger partial charge is 1.00 e. The molecule has 28 heavy (non-hydrogen) atoms. The number of rotatable bonds is 6. The van der Waals surface area contributed by atoms with E-state index in [-0.39, 0.29) is 71.2 Å². The van der Waals surface area contributed by atoms with E-state index in [9.17, 15) is 19.8 Å². The number of para-hydroxylation sites is 1. The first kappa shape index (κ1) is 24.4. The van der Waals surface area contributed by atoms with E-state index in [2.05, 4.69) is 15.2 Å². The molecule has 132 valence electrons. The van der Waals surface area contributed by atoms with Gasteiger partial charge in [-0.05, 0) is 23.8 Å². The minimum Gasteiger partial charge on any atom is -0.872 e. The molecular weight excluding hydrogens is 384 g/mol. The zero-order chi connectivity index (χ0) is 18.7. The number of nitrogens with zero attached hydrogens (tertiary/aromatic N) is 2. The van der Waals surface area contributed by atoms with Crippen molar-refractivity contribution in [3.63, 3.8) is 0 Å². The van der Waals surface area contributed by atoms with Crippen LogP contribution in [0.2, 0.25) is 0 Å². The van der Waals surface area contributed by atoms with E-state index < -0.39 is 29.3 Å². The maximum Gasteiger partial charge on any atom is 1.00 e. The number of carboxylic acids is 2. The molecule has 1 heterocycles. The molecule has 0 aliphatic carbocycles. The first-order valence-electron chi connectivity index (χ1n) is 7.67. The number of hydrogen-bond acceptors (Lipinski definition) is 6. The van der Waals surface area contributed by atoms with Crippen molar-refractivity contribution in [2.75, 3.05) is 0 Å². The van der Waals surface area contributed by atoms with Gasteiger partial charge < -0.3 is 25.1 Å². The van der Waals surface area contributed by atoms with Crippen molar-refractivity contribution in [1.82, 2.24) is 4.98 Å². The molecule has 8 nitrogen and oxygen atoms in total. The van der Waals surface area contributed by atoms with Gasteiger partial charge in [0.15, 0.2) is 0 Å². The van der Waals surface area contributed by atoms with Gasteiger partial charge in [0.1, 0.15) is 6.04 Å². The first-order chi connectivity index (χ1) is 12.5. The summed E-state index contributed by atoms with van der Waals surface area (Å²) in [5.74, 6) is -3.45. The van der Waals surface area contributed by atoms with Crippen molar-refractivity contribution < 1.29 is 84.0 Å². The molecule has 0 saturated carbocycles. The van der Waals surface area contributed by atoms with Gasteiger partial charge in [0.2, 0.25) is 0 Å². The zero-order valence-corrected chi connectivity index (χ0v) is 19.4. The monoisotopic (exact) mass is 397 g/mol. The number of fused-ring (bicyclic) bond motifs is 1. The Balaban J connectivity index is 0.00000196. The molecule has 2 aromatic carbocycles. The summed E-state index contributed by atoms with van der Waals surface area (Å²) >= 11 is 0. The molecule has 0 saturated heterocycles. The van der Waals surface area contributed by atoms with Gasteiger partial charge >= 0.3 is 65.1 Å². The standard InChI is InChI=1S/C18H15N3O5.2Na/c22-16-6-5-11(8-13(16)17(23)24)20-21-15(18(25)26)7-10-9-19-14-4-2-1-3-12(10)14;;/h1-6,8-9,15,19,22H,7H2,(H,23,24)(H,25,26);;/q;2*+1/p-2. The van der Waals surface area contributed by atoms with Crippen LogP contribution in [0.4, 0.5) is 5.69 Å². The number of carbonyl (C=O) groups excluding carboxylic acids is 1. The minimum absolute atomic E-state index is 0. The van der Waals surface area contributed by atoms with E-state index in [1.54, 1.807) is 6.20 Å².